The van der Waals surface area contributed by atoms with Gasteiger partial charge in [0, 0.05) is 5.69 Å². The van der Waals surface area contributed by atoms with E-state index in [0.29, 0.717) is 5.69 Å². The zero-order valence-corrected chi connectivity index (χ0v) is 12.8. The predicted molar refractivity (Wildman–Crippen MR) is 78.4 cm³/mol. The first-order valence-electron chi connectivity index (χ1n) is 6.61. The molecule has 1 aromatic rings. The maximum atomic E-state index is 13.0. The summed E-state index contributed by atoms with van der Waals surface area (Å²) in [5.41, 5.74) is -0.174. The van der Waals surface area contributed by atoms with Gasteiger partial charge < -0.3 is 10.1 Å². The highest BCUT2D eigenvalue weighted by molar-refractivity contribution is 5.92. The van der Waals surface area contributed by atoms with Crippen molar-refractivity contribution in [1.82, 2.24) is 4.90 Å². The summed E-state index contributed by atoms with van der Waals surface area (Å²) in [7, 11) is 1.63. The zero-order chi connectivity index (χ0) is 16.0. The molecular formula is C15H21FN2O3. The van der Waals surface area contributed by atoms with Crippen molar-refractivity contribution in [3.05, 3.63) is 30.1 Å². The van der Waals surface area contributed by atoms with E-state index in [0.717, 1.165) is 0 Å². The van der Waals surface area contributed by atoms with Gasteiger partial charge in [-0.15, -0.1) is 0 Å². The molecule has 1 aromatic carbocycles. The Balaban J connectivity index is 2.42. The smallest absolute Gasteiger partial charge is 0.320 e. The van der Waals surface area contributed by atoms with E-state index in [4.69, 9.17) is 4.74 Å². The number of hydrogen-bond acceptors (Lipinski definition) is 4. The monoisotopic (exact) mass is 296 g/mol. The number of esters is 1. The minimum atomic E-state index is -0.554. The Morgan fingerprint density at radius 3 is 2.52 bits per heavy atom. The molecule has 0 bridgehead atoms. The Morgan fingerprint density at radius 1 is 1.29 bits per heavy atom. The number of amides is 1. The highest BCUT2D eigenvalue weighted by atomic mass is 19.1. The molecule has 0 aliphatic heterocycles. The number of likely N-dealkylation sites (N-methyl/N-ethyl adjacent to an activating group) is 1. The van der Waals surface area contributed by atoms with E-state index in [2.05, 4.69) is 5.32 Å². The van der Waals surface area contributed by atoms with E-state index in [1.807, 2.05) is 0 Å². The molecule has 0 fully saturated rings. The third-order valence-corrected chi connectivity index (χ3v) is 2.34. The fourth-order valence-electron chi connectivity index (χ4n) is 1.66. The maximum absolute atomic E-state index is 13.0. The van der Waals surface area contributed by atoms with Crippen LogP contribution in [0.1, 0.15) is 20.8 Å². The van der Waals surface area contributed by atoms with E-state index in [1.54, 1.807) is 33.9 Å². The number of ether oxygens (including phenoxy) is 1. The molecule has 0 aromatic heterocycles. The van der Waals surface area contributed by atoms with Crippen LogP contribution >= 0.6 is 0 Å². The van der Waals surface area contributed by atoms with E-state index >= 15 is 0 Å². The first-order valence-corrected chi connectivity index (χ1v) is 6.61. The van der Waals surface area contributed by atoms with Crippen molar-refractivity contribution in [3.8, 4) is 0 Å². The van der Waals surface area contributed by atoms with Crippen molar-refractivity contribution < 1.29 is 18.7 Å². The number of carbonyl (C=O) groups excluding carboxylic acids is 2. The molecule has 0 aliphatic carbocycles. The molecule has 0 saturated heterocycles. The largest absolute Gasteiger partial charge is 0.459 e. The highest BCUT2D eigenvalue weighted by Gasteiger charge is 2.18. The number of anilines is 1. The Labute approximate surface area is 124 Å². The number of halogens is 1. The lowest BCUT2D eigenvalue weighted by Gasteiger charge is -2.22. The fourth-order valence-corrected chi connectivity index (χ4v) is 1.66. The number of nitrogens with zero attached hydrogens (tertiary/aromatic N) is 1. The molecule has 0 spiro atoms. The summed E-state index contributed by atoms with van der Waals surface area (Å²) in [5.74, 6) is -1.15. The van der Waals surface area contributed by atoms with Crippen LogP contribution in [0.25, 0.3) is 0 Å². The van der Waals surface area contributed by atoms with Crippen molar-refractivity contribution in [1.29, 1.82) is 0 Å². The number of carbonyl (C=O) groups is 2. The van der Waals surface area contributed by atoms with Gasteiger partial charge in [-0.25, -0.2) is 4.39 Å². The van der Waals surface area contributed by atoms with Gasteiger partial charge in [0.15, 0.2) is 0 Å². The van der Waals surface area contributed by atoms with Crippen molar-refractivity contribution >= 4 is 17.6 Å². The van der Waals surface area contributed by atoms with Crippen LogP contribution in [0.5, 0.6) is 0 Å². The summed E-state index contributed by atoms with van der Waals surface area (Å²) in [4.78, 5) is 24.9. The van der Waals surface area contributed by atoms with Gasteiger partial charge in [-0.05, 0) is 46.0 Å². The average Bonchev–Trinajstić information content (AvgIpc) is 2.24. The topological polar surface area (TPSA) is 58.6 Å². The highest BCUT2D eigenvalue weighted by Crippen LogP contribution is 2.09. The normalized spacial score (nSPS) is 11.3. The van der Waals surface area contributed by atoms with Gasteiger partial charge in [-0.1, -0.05) is 6.07 Å². The Bertz CT molecular complexity index is 512. The molecule has 116 valence electrons. The second-order valence-electron chi connectivity index (χ2n) is 5.82. The summed E-state index contributed by atoms with van der Waals surface area (Å²) in [6, 6.07) is 5.63. The van der Waals surface area contributed by atoms with Gasteiger partial charge >= 0.3 is 5.97 Å². The molecule has 5 nitrogen and oxygen atoms in total. The molecule has 0 heterocycles. The van der Waals surface area contributed by atoms with Crippen molar-refractivity contribution in [2.45, 2.75) is 26.4 Å². The second kappa shape index (κ2) is 7.17. The molecule has 0 radical (unpaired) electrons. The summed E-state index contributed by atoms with van der Waals surface area (Å²) in [6.07, 6.45) is 0. The molecule has 0 unspecified atom stereocenters. The van der Waals surface area contributed by atoms with Crippen molar-refractivity contribution in [2.24, 2.45) is 0 Å². The molecule has 0 saturated carbocycles. The van der Waals surface area contributed by atoms with Crippen molar-refractivity contribution in [3.63, 3.8) is 0 Å². The predicted octanol–water partition coefficient (Wildman–Crippen LogP) is 2.04. The van der Waals surface area contributed by atoms with Gasteiger partial charge in [-0.2, -0.15) is 0 Å². The summed E-state index contributed by atoms with van der Waals surface area (Å²) in [6.45, 7) is 5.36. The molecule has 0 atom stereocenters. The standard InChI is InChI=1S/C15H21FN2O3/c1-15(2,3)21-14(20)10-18(4)9-13(19)17-12-7-5-6-11(16)8-12/h5-8H,9-10H2,1-4H3,(H,17,19). The lowest BCUT2D eigenvalue weighted by atomic mass is 10.2. The Hall–Kier alpha value is -1.95. The average molecular weight is 296 g/mol. The first kappa shape index (κ1) is 17.1. The second-order valence-corrected chi connectivity index (χ2v) is 5.82. The number of hydrogen-bond donors (Lipinski definition) is 1. The van der Waals surface area contributed by atoms with Crippen LogP contribution in [-0.2, 0) is 14.3 Å². The maximum Gasteiger partial charge on any atom is 0.320 e. The minimum Gasteiger partial charge on any atom is -0.459 e. The molecule has 1 N–H and O–H groups in total. The molecule has 0 aliphatic rings. The van der Waals surface area contributed by atoms with Crippen LogP contribution in [-0.4, -0.2) is 42.5 Å². The zero-order valence-electron chi connectivity index (χ0n) is 12.8. The van der Waals surface area contributed by atoms with E-state index in [1.165, 1.54) is 23.1 Å². The lowest BCUT2D eigenvalue weighted by Crippen LogP contribution is -2.37. The van der Waals surface area contributed by atoms with E-state index in [-0.39, 0.29) is 19.0 Å². The summed E-state index contributed by atoms with van der Waals surface area (Å²) < 4.78 is 18.1. The third-order valence-electron chi connectivity index (χ3n) is 2.34. The van der Waals surface area contributed by atoms with Gasteiger partial charge in [0.05, 0.1) is 13.1 Å². The quantitative estimate of drug-likeness (QED) is 0.845. The van der Waals surface area contributed by atoms with Gasteiger partial charge in [0.2, 0.25) is 5.91 Å². The molecule has 6 heteroatoms. The van der Waals surface area contributed by atoms with Crippen LogP contribution in [0.3, 0.4) is 0 Å². The SMILES string of the molecule is CN(CC(=O)Nc1cccc(F)c1)CC(=O)OC(C)(C)C. The lowest BCUT2D eigenvalue weighted by molar-refractivity contribution is -0.155. The van der Waals surface area contributed by atoms with E-state index < -0.39 is 17.4 Å². The van der Waals surface area contributed by atoms with Gasteiger partial charge in [0.25, 0.3) is 0 Å². The van der Waals surface area contributed by atoms with Crippen LogP contribution in [0, 0.1) is 5.82 Å². The molecular weight excluding hydrogens is 275 g/mol. The Morgan fingerprint density at radius 2 is 1.95 bits per heavy atom. The molecule has 21 heavy (non-hydrogen) atoms. The van der Waals surface area contributed by atoms with Crippen LogP contribution in [0.15, 0.2) is 24.3 Å². The van der Waals surface area contributed by atoms with Crippen LogP contribution in [0.2, 0.25) is 0 Å². The van der Waals surface area contributed by atoms with Crippen LogP contribution < -0.4 is 5.32 Å². The number of benzene rings is 1. The molecule has 1 amide bonds. The van der Waals surface area contributed by atoms with Crippen molar-refractivity contribution in [2.75, 3.05) is 25.5 Å². The van der Waals surface area contributed by atoms with Gasteiger partial charge in [-0.3, -0.25) is 14.5 Å². The summed E-state index contributed by atoms with van der Waals surface area (Å²) in [5, 5.41) is 2.56. The van der Waals surface area contributed by atoms with Crippen LogP contribution in [0.4, 0.5) is 10.1 Å². The number of rotatable bonds is 5. The third kappa shape index (κ3) is 7.41. The molecule has 1 rings (SSSR count). The van der Waals surface area contributed by atoms with E-state index in [9.17, 15) is 14.0 Å². The Kier molecular flexibility index (Phi) is 5.84. The number of nitrogens with one attached hydrogen (secondary N) is 1. The first-order chi connectivity index (χ1) is 9.65. The summed E-state index contributed by atoms with van der Waals surface area (Å²) >= 11 is 0. The van der Waals surface area contributed by atoms with Gasteiger partial charge in [0.1, 0.15) is 11.4 Å². The minimum absolute atomic E-state index is 0.00778. The fraction of sp³-hybridized carbons (Fsp3) is 0.467.